The van der Waals surface area contributed by atoms with Crippen molar-refractivity contribution < 1.29 is 14.3 Å². The topological polar surface area (TPSA) is 62.2 Å². The first-order valence-electron chi connectivity index (χ1n) is 5.27. The van der Waals surface area contributed by atoms with Crippen molar-refractivity contribution in [2.24, 2.45) is 0 Å². The molecule has 94 valence electrons. The van der Waals surface area contributed by atoms with Crippen LogP contribution in [0.3, 0.4) is 0 Å². The molecule has 0 saturated carbocycles. The standard InChI is InChI=1S/C12H11FN2O2S/c1-7(12-14-5-6-18-12)15-11(17)10-8(13)3-2-4-9(10)16/h2-7,16H,1H3,(H,15,17). The molecule has 1 unspecified atom stereocenters. The number of hydrogen-bond donors (Lipinski definition) is 2. The maximum Gasteiger partial charge on any atom is 0.258 e. The number of benzene rings is 1. The normalized spacial score (nSPS) is 12.1. The van der Waals surface area contributed by atoms with Crippen molar-refractivity contribution in [2.45, 2.75) is 13.0 Å². The highest BCUT2D eigenvalue weighted by molar-refractivity contribution is 7.09. The lowest BCUT2D eigenvalue weighted by Crippen LogP contribution is -2.27. The van der Waals surface area contributed by atoms with E-state index < -0.39 is 11.7 Å². The van der Waals surface area contributed by atoms with Crippen LogP contribution in [0.15, 0.2) is 29.8 Å². The largest absolute Gasteiger partial charge is 0.507 e. The second-order valence-electron chi connectivity index (χ2n) is 3.70. The van der Waals surface area contributed by atoms with Crippen LogP contribution >= 0.6 is 11.3 Å². The second-order valence-corrected chi connectivity index (χ2v) is 4.63. The number of halogens is 1. The third-order valence-corrected chi connectivity index (χ3v) is 3.35. The zero-order valence-corrected chi connectivity index (χ0v) is 10.4. The SMILES string of the molecule is CC(NC(=O)c1c(O)cccc1F)c1nccs1. The lowest BCUT2D eigenvalue weighted by atomic mass is 10.1. The van der Waals surface area contributed by atoms with E-state index in [0.29, 0.717) is 0 Å². The van der Waals surface area contributed by atoms with E-state index in [2.05, 4.69) is 10.3 Å². The third-order valence-electron chi connectivity index (χ3n) is 2.39. The first-order valence-corrected chi connectivity index (χ1v) is 6.15. The molecule has 0 aliphatic carbocycles. The summed E-state index contributed by atoms with van der Waals surface area (Å²) >= 11 is 1.39. The van der Waals surface area contributed by atoms with Gasteiger partial charge in [0.2, 0.25) is 0 Å². The van der Waals surface area contributed by atoms with Gasteiger partial charge in [-0.05, 0) is 19.1 Å². The number of carbonyl (C=O) groups is 1. The maximum atomic E-state index is 13.5. The van der Waals surface area contributed by atoms with E-state index in [1.807, 2.05) is 0 Å². The molecule has 0 fully saturated rings. The molecule has 0 saturated heterocycles. The van der Waals surface area contributed by atoms with Gasteiger partial charge in [-0.3, -0.25) is 4.79 Å². The number of aromatic nitrogens is 1. The molecular formula is C12H11FN2O2S. The van der Waals surface area contributed by atoms with Gasteiger partial charge in [-0.25, -0.2) is 9.37 Å². The van der Waals surface area contributed by atoms with Crippen molar-refractivity contribution in [3.8, 4) is 5.75 Å². The number of phenols is 1. The van der Waals surface area contributed by atoms with Crippen LogP contribution in [0.25, 0.3) is 0 Å². The van der Waals surface area contributed by atoms with E-state index >= 15 is 0 Å². The zero-order valence-electron chi connectivity index (χ0n) is 9.55. The molecule has 4 nitrogen and oxygen atoms in total. The molecule has 0 radical (unpaired) electrons. The fourth-order valence-corrected chi connectivity index (χ4v) is 2.16. The van der Waals surface area contributed by atoms with Crippen LogP contribution in [0.2, 0.25) is 0 Å². The number of phenolic OH excluding ortho intramolecular Hbond substituents is 1. The smallest absolute Gasteiger partial charge is 0.258 e. The van der Waals surface area contributed by atoms with Crippen molar-refractivity contribution in [1.29, 1.82) is 0 Å². The number of nitrogens with one attached hydrogen (secondary N) is 1. The van der Waals surface area contributed by atoms with Crippen LogP contribution in [0.4, 0.5) is 4.39 Å². The van der Waals surface area contributed by atoms with E-state index in [4.69, 9.17) is 0 Å². The van der Waals surface area contributed by atoms with Crippen LogP contribution in [-0.4, -0.2) is 16.0 Å². The number of carbonyl (C=O) groups excluding carboxylic acids is 1. The fourth-order valence-electron chi connectivity index (χ4n) is 1.52. The minimum absolute atomic E-state index is 0.337. The van der Waals surface area contributed by atoms with Crippen molar-refractivity contribution in [3.05, 3.63) is 46.2 Å². The Hall–Kier alpha value is -1.95. The Kier molecular flexibility index (Phi) is 3.57. The van der Waals surface area contributed by atoms with Gasteiger partial charge in [0.25, 0.3) is 5.91 Å². The quantitative estimate of drug-likeness (QED) is 0.897. The molecule has 1 atom stereocenters. The highest BCUT2D eigenvalue weighted by Gasteiger charge is 2.19. The molecule has 2 N–H and O–H groups in total. The summed E-state index contributed by atoms with van der Waals surface area (Å²) in [4.78, 5) is 15.9. The molecule has 18 heavy (non-hydrogen) atoms. The molecule has 1 amide bonds. The predicted molar refractivity (Wildman–Crippen MR) is 66.1 cm³/mol. The van der Waals surface area contributed by atoms with Gasteiger partial charge >= 0.3 is 0 Å². The molecular weight excluding hydrogens is 255 g/mol. The van der Waals surface area contributed by atoms with Crippen molar-refractivity contribution in [3.63, 3.8) is 0 Å². The lowest BCUT2D eigenvalue weighted by Gasteiger charge is -2.12. The van der Waals surface area contributed by atoms with Gasteiger partial charge in [0.1, 0.15) is 22.1 Å². The number of amides is 1. The van der Waals surface area contributed by atoms with Crippen LogP contribution in [0.1, 0.15) is 28.3 Å². The first kappa shape index (κ1) is 12.5. The summed E-state index contributed by atoms with van der Waals surface area (Å²) in [7, 11) is 0. The summed E-state index contributed by atoms with van der Waals surface area (Å²) in [6.45, 7) is 1.74. The molecule has 0 spiro atoms. The van der Waals surface area contributed by atoms with E-state index in [9.17, 15) is 14.3 Å². The van der Waals surface area contributed by atoms with E-state index in [-0.39, 0.29) is 17.4 Å². The predicted octanol–water partition coefficient (Wildman–Crippen LogP) is 2.48. The van der Waals surface area contributed by atoms with Gasteiger partial charge < -0.3 is 10.4 Å². The maximum absolute atomic E-state index is 13.5. The van der Waals surface area contributed by atoms with Gasteiger partial charge in [0, 0.05) is 11.6 Å². The van der Waals surface area contributed by atoms with E-state index in [1.165, 1.54) is 23.5 Å². The Morgan fingerprint density at radius 2 is 2.33 bits per heavy atom. The number of thiazole rings is 1. The number of hydrogen-bond acceptors (Lipinski definition) is 4. The minimum Gasteiger partial charge on any atom is -0.507 e. The van der Waals surface area contributed by atoms with Crippen molar-refractivity contribution >= 4 is 17.2 Å². The Labute approximate surface area is 107 Å². The molecule has 2 rings (SSSR count). The average Bonchev–Trinajstić information content (AvgIpc) is 2.81. The molecule has 0 aliphatic rings. The second kappa shape index (κ2) is 5.14. The molecule has 2 aromatic rings. The van der Waals surface area contributed by atoms with Gasteiger partial charge in [-0.2, -0.15) is 0 Å². The third kappa shape index (κ3) is 2.48. The summed E-state index contributed by atoms with van der Waals surface area (Å²) in [5.74, 6) is -1.79. The first-order chi connectivity index (χ1) is 8.59. The highest BCUT2D eigenvalue weighted by atomic mass is 32.1. The lowest BCUT2D eigenvalue weighted by molar-refractivity contribution is 0.0933. The monoisotopic (exact) mass is 266 g/mol. The Morgan fingerprint density at radius 3 is 2.94 bits per heavy atom. The summed E-state index contributed by atoms with van der Waals surface area (Å²) in [5, 5.41) is 14.6. The van der Waals surface area contributed by atoms with Gasteiger partial charge in [-0.15, -0.1) is 11.3 Å². The molecule has 1 heterocycles. The van der Waals surface area contributed by atoms with Gasteiger partial charge in [0.15, 0.2) is 0 Å². The summed E-state index contributed by atoms with van der Waals surface area (Å²) in [5.41, 5.74) is -0.346. The molecule has 6 heteroatoms. The molecule has 1 aromatic carbocycles. The van der Waals surface area contributed by atoms with E-state index in [0.717, 1.165) is 11.1 Å². The Balaban J connectivity index is 2.18. The van der Waals surface area contributed by atoms with E-state index in [1.54, 1.807) is 18.5 Å². The summed E-state index contributed by atoms with van der Waals surface area (Å²) < 4.78 is 13.5. The molecule has 1 aromatic heterocycles. The number of nitrogens with zero attached hydrogens (tertiary/aromatic N) is 1. The van der Waals surface area contributed by atoms with Crippen molar-refractivity contribution in [1.82, 2.24) is 10.3 Å². The fraction of sp³-hybridized carbons (Fsp3) is 0.167. The minimum atomic E-state index is -0.751. The molecule has 0 bridgehead atoms. The highest BCUT2D eigenvalue weighted by Crippen LogP contribution is 2.21. The number of rotatable bonds is 3. The summed E-state index contributed by atoms with van der Waals surface area (Å²) in [6, 6.07) is 3.40. The zero-order chi connectivity index (χ0) is 13.1. The van der Waals surface area contributed by atoms with Crippen molar-refractivity contribution in [2.75, 3.05) is 0 Å². The summed E-state index contributed by atoms with van der Waals surface area (Å²) in [6.07, 6.45) is 1.63. The van der Waals surface area contributed by atoms with Gasteiger partial charge in [0.05, 0.1) is 6.04 Å². The van der Waals surface area contributed by atoms with Crippen LogP contribution in [-0.2, 0) is 0 Å². The van der Waals surface area contributed by atoms with Gasteiger partial charge in [-0.1, -0.05) is 6.07 Å². The van der Waals surface area contributed by atoms with Crippen LogP contribution < -0.4 is 5.32 Å². The Morgan fingerprint density at radius 1 is 1.56 bits per heavy atom. The van der Waals surface area contributed by atoms with Crippen LogP contribution in [0, 0.1) is 5.82 Å². The molecule has 0 aliphatic heterocycles. The Bertz CT molecular complexity index is 537. The number of aromatic hydroxyl groups is 1. The average molecular weight is 266 g/mol. The van der Waals surface area contributed by atoms with Crippen LogP contribution in [0.5, 0.6) is 5.75 Å².